The minimum Gasteiger partial charge on any atom is -0.466 e. The van der Waals surface area contributed by atoms with Gasteiger partial charge in [0.25, 0.3) is 5.91 Å². The van der Waals surface area contributed by atoms with Crippen LogP contribution >= 0.6 is 0 Å². The summed E-state index contributed by atoms with van der Waals surface area (Å²) in [4.78, 5) is 26.2. The summed E-state index contributed by atoms with van der Waals surface area (Å²) in [6.07, 6.45) is -4.03. The Morgan fingerprint density at radius 3 is 2.21 bits per heavy atom. The normalized spacial score (nSPS) is 11.2. The summed E-state index contributed by atoms with van der Waals surface area (Å²) in [6.45, 7) is 3.46. The highest BCUT2D eigenvalue weighted by molar-refractivity contribution is 5.96. The van der Waals surface area contributed by atoms with Gasteiger partial charge in [0.1, 0.15) is 0 Å². The number of ether oxygens (including phenoxy) is 1. The molecule has 0 radical (unpaired) electrons. The van der Waals surface area contributed by atoms with Crippen molar-refractivity contribution >= 4 is 11.9 Å². The van der Waals surface area contributed by atoms with E-state index in [1.807, 2.05) is 6.92 Å². The molecular formula is C22H24F3NO3. The van der Waals surface area contributed by atoms with Crippen molar-refractivity contribution in [2.45, 2.75) is 39.4 Å². The van der Waals surface area contributed by atoms with E-state index in [0.29, 0.717) is 12.0 Å². The van der Waals surface area contributed by atoms with Gasteiger partial charge in [-0.05, 0) is 36.6 Å². The van der Waals surface area contributed by atoms with Gasteiger partial charge in [0.2, 0.25) is 0 Å². The molecule has 0 saturated carbocycles. The Balaban J connectivity index is 2.36. The van der Waals surface area contributed by atoms with Crippen molar-refractivity contribution < 1.29 is 27.5 Å². The number of aryl methyl sites for hydroxylation is 1. The number of alkyl halides is 3. The molecule has 2 rings (SSSR count). The van der Waals surface area contributed by atoms with Crippen LogP contribution in [0, 0.1) is 0 Å². The number of carbonyl (C=O) groups excluding carboxylic acids is 2. The van der Waals surface area contributed by atoms with Gasteiger partial charge < -0.3 is 9.64 Å². The molecule has 0 atom stereocenters. The summed E-state index contributed by atoms with van der Waals surface area (Å²) in [5.41, 5.74) is 0.398. The average Bonchev–Trinajstić information content (AvgIpc) is 2.70. The van der Waals surface area contributed by atoms with Gasteiger partial charge >= 0.3 is 12.1 Å². The van der Waals surface area contributed by atoms with Crippen LogP contribution in [0.3, 0.4) is 0 Å². The van der Waals surface area contributed by atoms with Gasteiger partial charge in [-0.15, -0.1) is 0 Å². The summed E-state index contributed by atoms with van der Waals surface area (Å²) >= 11 is 0. The molecule has 0 aromatic heterocycles. The van der Waals surface area contributed by atoms with E-state index in [-0.39, 0.29) is 31.7 Å². The standard InChI is InChI=1S/C22H24F3NO3/c1-3-16-9-5-7-11-18(16)21(28)26(14-13-20(27)29-4-2)15-17-10-6-8-12-19(17)22(23,24)25/h5-12H,3-4,13-15H2,1-2H3. The minimum atomic E-state index is -4.53. The molecule has 0 aliphatic carbocycles. The molecule has 2 aromatic rings. The number of carbonyl (C=O) groups is 2. The lowest BCUT2D eigenvalue weighted by molar-refractivity contribution is -0.143. The van der Waals surface area contributed by atoms with E-state index in [1.54, 1.807) is 31.2 Å². The molecule has 0 aliphatic rings. The lowest BCUT2D eigenvalue weighted by Gasteiger charge is -2.25. The van der Waals surface area contributed by atoms with Crippen LogP contribution in [-0.4, -0.2) is 29.9 Å². The number of halogens is 3. The van der Waals surface area contributed by atoms with Crippen LogP contribution in [0.2, 0.25) is 0 Å². The van der Waals surface area contributed by atoms with Crippen molar-refractivity contribution in [3.05, 3.63) is 70.8 Å². The highest BCUT2D eigenvalue weighted by atomic mass is 19.4. The largest absolute Gasteiger partial charge is 0.466 e. The van der Waals surface area contributed by atoms with Crippen LogP contribution in [0.5, 0.6) is 0 Å². The van der Waals surface area contributed by atoms with E-state index in [1.165, 1.54) is 23.1 Å². The van der Waals surface area contributed by atoms with E-state index in [2.05, 4.69) is 0 Å². The zero-order chi connectivity index (χ0) is 21.4. The van der Waals surface area contributed by atoms with Crippen LogP contribution in [-0.2, 0) is 28.7 Å². The Hall–Kier alpha value is -2.83. The second-order valence-corrected chi connectivity index (χ2v) is 6.45. The Morgan fingerprint density at radius 1 is 0.966 bits per heavy atom. The smallest absolute Gasteiger partial charge is 0.416 e. The topological polar surface area (TPSA) is 46.6 Å². The SMILES string of the molecule is CCOC(=O)CCN(Cc1ccccc1C(F)(F)F)C(=O)c1ccccc1CC. The molecule has 2 aromatic carbocycles. The van der Waals surface area contributed by atoms with E-state index in [4.69, 9.17) is 4.74 Å². The number of nitrogens with zero attached hydrogens (tertiary/aromatic N) is 1. The van der Waals surface area contributed by atoms with Crippen LogP contribution in [0.4, 0.5) is 13.2 Å². The molecule has 7 heteroatoms. The molecule has 4 nitrogen and oxygen atoms in total. The van der Waals surface area contributed by atoms with Gasteiger partial charge in [0, 0.05) is 18.7 Å². The van der Waals surface area contributed by atoms with Gasteiger partial charge in [0.05, 0.1) is 18.6 Å². The third kappa shape index (κ3) is 6.07. The summed E-state index contributed by atoms with van der Waals surface area (Å²) in [5, 5.41) is 0. The van der Waals surface area contributed by atoms with Gasteiger partial charge in [0.15, 0.2) is 0 Å². The predicted octanol–water partition coefficient (Wildman–Crippen LogP) is 4.86. The molecular weight excluding hydrogens is 383 g/mol. The van der Waals surface area contributed by atoms with Gasteiger partial charge in [-0.3, -0.25) is 9.59 Å². The van der Waals surface area contributed by atoms with Crippen molar-refractivity contribution in [1.29, 1.82) is 0 Å². The summed E-state index contributed by atoms with van der Waals surface area (Å²) in [5.74, 6) is -0.915. The van der Waals surface area contributed by atoms with E-state index < -0.39 is 23.6 Å². The van der Waals surface area contributed by atoms with Gasteiger partial charge in [-0.25, -0.2) is 0 Å². The quantitative estimate of drug-likeness (QED) is 0.587. The number of benzene rings is 2. The number of amides is 1. The van der Waals surface area contributed by atoms with Crippen LogP contribution in [0.15, 0.2) is 48.5 Å². The van der Waals surface area contributed by atoms with E-state index >= 15 is 0 Å². The summed E-state index contributed by atoms with van der Waals surface area (Å²) < 4.78 is 45.0. The highest BCUT2D eigenvalue weighted by Gasteiger charge is 2.33. The number of hydrogen-bond acceptors (Lipinski definition) is 3. The maximum atomic E-state index is 13.4. The maximum absolute atomic E-state index is 13.4. The molecule has 0 fully saturated rings. The maximum Gasteiger partial charge on any atom is 0.416 e. The van der Waals surface area contributed by atoms with Crippen LogP contribution < -0.4 is 0 Å². The molecule has 0 unspecified atom stereocenters. The Morgan fingerprint density at radius 2 is 1.59 bits per heavy atom. The fraction of sp³-hybridized carbons (Fsp3) is 0.364. The first-order chi connectivity index (χ1) is 13.8. The third-order valence-corrected chi connectivity index (χ3v) is 4.49. The fourth-order valence-corrected chi connectivity index (χ4v) is 3.06. The molecule has 0 heterocycles. The van der Waals surface area contributed by atoms with Crippen molar-refractivity contribution in [2.75, 3.05) is 13.2 Å². The zero-order valence-electron chi connectivity index (χ0n) is 16.5. The average molecular weight is 407 g/mol. The van der Waals surface area contributed by atoms with Gasteiger partial charge in [-0.2, -0.15) is 13.2 Å². The molecule has 0 saturated heterocycles. The lowest BCUT2D eigenvalue weighted by atomic mass is 10.0. The summed E-state index contributed by atoms with van der Waals surface area (Å²) in [6, 6.07) is 12.1. The van der Waals surface area contributed by atoms with Crippen LogP contribution in [0.25, 0.3) is 0 Å². The second-order valence-electron chi connectivity index (χ2n) is 6.45. The fourth-order valence-electron chi connectivity index (χ4n) is 3.06. The Labute approximate surface area is 168 Å². The molecule has 1 amide bonds. The third-order valence-electron chi connectivity index (χ3n) is 4.49. The lowest BCUT2D eigenvalue weighted by Crippen LogP contribution is -2.34. The number of rotatable bonds is 8. The monoisotopic (exact) mass is 407 g/mol. The Bertz CT molecular complexity index is 849. The molecule has 29 heavy (non-hydrogen) atoms. The predicted molar refractivity (Wildman–Crippen MR) is 103 cm³/mol. The number of esters is 1. The first kappa shape index (κ1) is 22.5. The van der Waals surface area contributed by atoms with Crippen molar-refractivity contribution in [1.82, 2.24) is 4.90 Å². The Kier molecular flexibility index (Phi) is 7.82. The minimum absolute atomic E-state index is 0.0220. The van der Waals surface area contributed by atoms with Crippen molar-refractivity contribution in [3.8, 4) is 0 Å². The molecule has 0 aliphatic heterocycles. The van der Waals surface area contributed by atoms with Crippen molar-refractivity contribution in [3.63, 3.8) is 0 Å². The molecule has 0 spiro atoms. The molecule has 0 bridgehead atoms. The van der Waals surface area contributed by atoms with Crippen LogP contribution in [0.1, 0.15) is 47.3 Å². The van der Waals surface area contributed by atoms with Gasteiger partial charge in [-0.1, -0.05) is 43.3 Å². The molecule has 0 N–H and O–H groups in total. The van der Waals surface area contributed by atoms with Crippen molar-refractivity contribution in [2.24, 2.45) is 0 Å². The first-order valence-corrected chi connectivity index (χ1v) is 9.45. The summed E-state index contributed by atoms with van der Waals surface area (Å²) in [7, 11) is 0. The second kappa shape index (κ2) is 10.1. The molecule has 156 valence electrons. The number of hydrogen-bond donors (Lipinski definition) is 0. The zero-order valence-corrected chi connectivity index (χ0v) is 16.5. The highest BCUT2D eigenvalue weighted by Crippen LogP contribution is 2.32. The first-order valence-electron chi connectivity index (χ1n) is 9.45. The van der Waals surface area contributed by atoms with E-state index in [0.717, 1.165) is 11.6 Å². The van der Waals surface area contributed by atoms with E-state index in [9.17, 15) is 22.8 Å².